The molecule has 5 heteroatoms. The summed E-state index contributed by atoms with van der Waals surface area (Å²) < 4.78 is 6.93. The van der Waals surface area contributed by atoms with Crippen LogP contribution in [0.1, 0.15) is 13.3 Å². The third-order valence-electron chi connectivity index (χ3n) is 4.27. The highest BCUT2D eigenvalue weighted by Gasteiger charge is 2.11. The van der Waals surface area contributed by atoms with Crippen molar-refractivity contribution >= 4 is 102 Å². The Morgan fingerprint density at radius 2 is 1.46 bits per heavy atom. The van der Waals surface area contributed by atoms with Crippen LogP contribution in [-0.4, -0.2) is 6.54 Å². The van der Waals surface area contributed by atoms with Gasteiger partial charge in [-0.25, -0.2) is 0 Å². The smallest absolute Gasteiger partial charge is 0.0894 e. The summed E-state index contributed by atoms with van der Waals surface area (Å²) in [5.41, 5.74) is 0. The fourth-order valence-corrected chi connectivity index (χ4v) is 7.31. The lowest BCUT2D eigenvalue weighted by Crippen LogP contribution is -1.96. The maximum Gasteiger partial charge on any atom is 0.0894 e. The topological polar surface area (TPSA) is 12.0 Å². The number of thiophene rings is 3. The van der Waals surface area contributed by atoms with E-state index in [0.29, 0.717) is 0 Å². The number of hydrogen-bond acceptors (Lipinski definition) is 4. The molecule has 3 heterocycles. The predicted molar refractivity (Wildman–Crippen MR) is 122 cm³/mol. The van der Waals surface area contributed by atoms with Crippen molar-refractivity contribution in [1.82, 2.24) is 0 Å². The summed E-state index contributed by atoms with van der Waals surface area (Å²) in [6, 6.07) is 14.1. The highest BCUT2D eigenvalue weighted by Crippen LogP contribution is 2.42. The fraction of sp³-hybridized carbons (Fsp3) is 0.158. The minimum absolute atomic E-state index is 1.04. The highest BCUT2D eigenvalue weighted by molar-refractivity contribution is 14.1. The second-order valence-corrected chi connectivity index (χ2v) is 11.1. The molecule has 0 aliphatic rings. The molecule has 0 fully saturated rings. The largest absolute Gasteiger partial charge is 0.377 e. The molecule has 0 unspecified atom stereocenters. The lowest BCUT2D eigenvalue weighted by molar-refractivity contribution is 0.984. The average Bonchev–Trinajstić information content (AvgIpc) is 3.21. The number of halogens is 1. The molecule has 0 radical (unpaired) electrons. The summed E-state index contributed by atoms with van der Waals surface area (Å²) >= 11 is 8.08. The average molecular weight is 479 g/mol. The Bertz CT molecular complexity index is 1210. The van der Waals surface area contributed by atoms with E-state index in [9.17, 15) is 0 Å². The van der Waals surface area contributed by atoms with Crippen molar-refractivity contribution in [2.45, 2.75) is 13.3 Å². The van der Waals surface area contributed by atoms with Crippen molar-refractivity contribution in [3.05, 3.63) is 39.3 Å². The van der Waals surface area contributed by atoms with Crippen LogP contribution in [0.2, 0.25) is 0 Å². The molecular weight excluding hydrogens is 465 g/mol. The van der Waals surface area contributed by atoms with E-state index in [-0.39, 0.29) is 0 Å². The Morgan fingerprint density at radius 1 is 0.792 bits per heavy atom. The first-order valence-corrected chi connectivity index (χ1v) is 11.5. The third kappa shape index (κ3) is 2.44. The number of hydrogen-bond donors (Lipinski definition) is 1. The van der Waals surface area contributed by atoms with Crippen molar-refractivity contribution in [3.8, 4) is 0 Å². The molecule has 0 saturated heterocycles. The lowest BCUT2D eigenvalue weighted by atomic mass is 10.1. The zero-order valence-electron chi connectivity index (χ0n) is 13.0. The van der Waals surface area contributed by atoms with Gasteiger partial charge in [0, 0.05) is 36.1 Å². The molecule has 120 valence electrons. The van der Waals surface area contributed by atoms with Gasteiger partial charge in [-0.15, -0.1) is 34.0 Å². The lowest BCUT2D eigenvalue weighted by Gasteiger charge is -1.97. The van der Waals surface area contributed by atoms with Crippen LogP contribution < -0.4 is 5.32 Å². The maximum absolute atomic E-state index is 3.52. The van der Waals surface area contributed by atoms with Gasteiger partial charge in [0.25, 0.3) is 0 Å². The van der Waals surface area contributed by atoms with Crippen molar-refractivity contribution in [1.29, 1.82) is 0 Å². The summed E-state index contributed by atoms with van der Waals surface area (Å²) in [6.45, 7) is 3.24. The van der Waals surface area contributed by atoms with Crippen molar-refractivity contribution in [3.63, 3.8) is 0 Å². The van der Waals surface area contributed by atoms with Crippen LogP contribution in [0.4, 0.5) is 5.00 Å². The first-order valence-electron chi connectivity index (χ1n) is 7.94. The van der Waals surface area contributed by atoms with Crippen molar-refractivity contribution < 1.29 is 0 Å². The van der Waals surface area contributed by atoms with Crippen LogP contribution in [0.3, 0.4) is 0 Å². The minimum atomic E-state index is 1.04. The molecule has 0 atom stereocenters. The van der Waals surface area contributed by atoms with E-state index in [1.807, 2.05) is 34.0 Å². The van der Waals surface area contributed by atoms with Crippen LogP contribution in [0.15, 0.2) is 36.4 Å². The summed E-state index contributed by atoms with van der Waals surface area (Å²) in [7, 11) is 0. The molecule has 0 amide bonds. The van der Waals surface area contributed by atoms with Crippen LogP contribution in [-0.2, 0) is 0 Å². The van der Waals surface area contributed by atoms with E-state index >= 15 is 0 Å². The summed E-state index contributed by atoms with van der Waals surface area (Å²) in [4.78, 5) is 0. The van der Waals surface area contributed by atoms with Gasteiger partial charge in [-0.2, -0.15) is 0 Å². The molecule has 2 aromatic carbocycles. The van der Waals surface area contributed by atoms with Crippen LogP contribution in [0, 0.1) is 2.88 Å². The Balaban J connectivity index is 1.75. The first-order chi connectivity index (χ1) is 11.7. The normalized spacial score (nSPS) is 12.1. The van der Waals surface area contributed by atoms with Crippen molar-refractivity contribution in [2.24, 2.45) is 0 Å². The molecule has 5 aromatic rings. The summed E-state index contributed by atoms with van der Waals surface area (Å²) in [5.74, 6) is 0. The maximum atomic E-state index is 3.52. The third-order valence-corrected chi connectivity index (χ3v) is 8.30. The van der Waals surface area contributed by atoms with Gasteiger partial charge < -0.3 is 5.32 Å². The zero-order valence-corrected chi connectivity index (χ0v) is 17.6. The van der Waals surface area contributed by atoms with E-state index in [0.717, 1.165) is 13.0 Å². The molecule has 0 bridgehead atoms. The second-order valence-electron chi connectivity index (χ2n) is 5.96. The van der Waals surface area contributed by atoms with Crippen molar-refractivity contribution in [2.75, 3.05) is 11.9 Å². The van der Waals surface area contributed by atoms with Crippen LogP contribution >= 0.6 is 56.6 Å². The van der Waals surface area contributed by atoms with E-state index < -0.39 is 0 Å². The predicted octanol–water partition coefficient (Wildman–Crippen LogP) is 7.91. The Morgan fingerprint density at radius 3 is 2.17 bits per heavy atom. The molecule has 1 N–H and O–H groups in total. The second kappa shape index (κ2) is 5.83. The monoisotopic (exact) mass is 479 g/mol. The zero-order chi connectivity index (χ0) is 16.3. The van der Waals surface area contributed by atoms with Gasteiger partial charge in [-0.3, -0.25) is 0 Å². The summed E-state index contributed by atoms with van der Waals surface area (Å²) in [5, 5.41) is 10.3. The first kappa shape index (κ1) is 15.4. The Hall–Kier alpha value is -0.890. The Kier molecular flexibility index (Phi) is 3.73. The van der Waals surface area contributed by atoms with Gasteiger partial charge in [-0.05, 0) is 76.2 Å². The van der Waals surface area contributed by atoms with Gasteiger partial charge in [-0.1, -0.05) is 6.92 Å². The molecule has 0 spiro atoms. The number of rotatable bonds is 3. The van der Waals surface area contributed by atoms with Gasteiger partial charge in [0.15, 0.2) is 0 Å². The highest BCUT2D eigenvalue weighted by atomic mass is 127. The summed E-state index contributed by atoms with van der Waals surface area (Å²) in [6.07, 6.45) is 1.16. The van der Waals surface area contributed by atoms with Crippen LogP contribution in [0.25, 0.3) is 40.3 Å². The number of benzene rings is 2. The molecule has 0 aliphatic carbocycles. The molecule has 3 aromatic heterocycles. The Labute approximate surface area is 165 Å². The van der Waals surface area contributed by atoms with Gasteiger partial charge in [0.05, 0.1) is 7.88 Å². The fourth-order valence-electron chi connectivity index (χ4n) is 3.15. The van der Waals surface area contributed by atoms with Gasteiger partial charge >= 0.3 is 0 Å². The van der Waals surface area contributed by atoms with Crippen LogP contribution in [0.5, 0.6) is 0 Å². The number of anilines is 1. The molecule has 5 rings (SSSR count). The number of nitrogens with one attached hydrogen (secondary N) is 1. The molecular formula is C19H14INS3. The molecule has 0 aliphatic heterocycles. The van der Waals surface area contributed by atoms with Gasteiger partial charge in [0.2, 0.25) is 0 Å². The van der Waals surface area contributed by atoms with Gasteiger partial charge in [0.1, 0.15) is 0 Å². The standard InChI is InChI=1S/C19H14INS3/c1-2-3-21-19-7-11-5-13-12-4-10-6-18(20)23-14(10)8-16(12)22-17(13)9-15(11)24-19/h4-9,21H,2-3H2,1H3. The molecule has 24 heavy (non-hydrogen) atoms. The molecule has 1 nitrogen and oxygen atoms in total. The van der Waals surface area contributed by atoms with E-state index in [1.165, 1.54) is 48.2 Å². The van der Waals surface area contributed by atoms with E-state index in [2.05, 4.69) is 71.2 Å². The van der Waals surface area contributed by atoms with E-state index in [1.54, 1.807) is 0 Å². The SMILES string of the molecule is CCCNc1cc2cc3c(cc2s1)sc1cc2sc(I)cc2cc13. The minimum Gasteiger partial charge on any atom is -0.377 e. The quantitative estimate of drug-likeness (QED) is 0.259. The molecule has 0 saturated carbocycles. The number of fused-ring (bicyclic) bond motifs is 5. The van der Waals surface area contributed by atoms with E-state index in [4.69, 9.17) is 0 Å².